The van der Waals surface area contributed by atoms with Crippen molar-refractivity contribution in [1.82, 2.24) is 0 Å². The number of benzene rings is 1. The molecule has 0 aromatic heterocycles. The highest BCUT2D eigenvalue weighted by Crippen LogP contribution is 2.33. The Kier molecular flexibility index (Phi) is 9.52. The number of allylic oxidation sites excluding steroid dienone is 2. The van der Waals surface area contributed by atoms with E-state index in [2.05, 4.69) is 32.1 Å². The minimum Gasteiger partial charge on any atom is -0.427 e. The Bertz CT molecular complexity index is 556. The zero-order chi connectivity index (χ0) is 18.6. The molecule has 1 aromatic rings. The van der Waals surface area contributed by atoms with Crippen LogP contribution in [0.3, 0.4) is 0 Å². The molecule has 1 aliphatic carbocycles. The van der Waals surface area contributed by atoms with Crippen LogP contribution in [0.4, 0.5) is 0 Å². The molecule has 0 radical (unpaired) electrons. The molecule has 1 atom stereocenters. The average molecular weight is 357 g/mol. The summed E-state index contributed by atoms with van der Waals surface area (Å²) in [7, 11) is 0. The summed E-state index contributed by atoms with van der Waals surface area (Å²) in [4.78, 5) is 11.8. The Labute approximate surface area is 160 Å². The minimum absolute atomic E-state index is 0.117. The molecule has 26 heavy (non-hydrogen) atoms. The van der Waals surface area contributed by atoms with Gasteiger partial charge in [0.05, 0.1) is 0 Å². The molecule has 0 amide bonds. The van der Waals surface area contributed by atoms with Crippen LogP contribution in [0.15, 0.2) is 30.3 Å². The third-order valence-electron chi connectivity index (χ3n) is 5.43. The lowest BCUT2D eigenvalue weighted by Gasteiger charge is -2.22. The van der Waals surface area contributed by atoms with E-state index in [-0.39, 0.29) is 5.97 Å². The molecule has 0 fully saturated rings. The molecule has 144 valence electrons. The zero-order valence-corrected chi connectivity index (χ0v) is 16.8. The maximum atomic E-state index is 11.8. The summed E-state index contributed by atoms with van der Waals surface area (Å²) >= 11 is 0. The van der Waals surface area contributed by atoms with E-state index in [1.807, 2.05) is 12.1 Å². The molecule has 0 bridgehead atoms. The molecular formula is C24H36O2. The van der Waals surface area contributed by atoms with Crippen molar-refractivity contribution in [2.24, 2.45) is 5.92 Å². The average Bonchev–Trinajstić information content (AvgIpc) is 2.67. The van der Waals surface area contributed by atoms with Crippen LogP contribution < -0.4 is 4.74 Å². The van der Waals surface area contributed by atoms with Gasteiger partial charge < -0.3 is 4.74 Å². The molecule has 2 nitrogen and oxygen atoms in total. The van der Waals surface area contributed by atoms with E-state index in [4.69, 9.17) is 4.74 Å². The number of ether oxygens (including phenoxy) is 1. The maximum absolute atomic E-state index is 11.8. The van der Waals surface area contributed by atoms with Crippen molar-refractivity contribution in [3.8, 4) is 5.75 Å². The van der Waals surface area contributed by atoms with Crippen molar-refractivity contribution in [2.75, 3.05) is 0 Å². The molecule has 1 aromatic carbocycles. The van der Waals surface area contributed by atoms with Crippen LogP contribution >= 0.6 is 0 Å². The van der Waals surface area contributed by atoms with Crippen LogP contribution in [0.5, 0.6) is 5.75 Å². The summed E-state index contributed by atoms with van der Waals surface area (Å²) in [5, 5.41) is 0. The fourth-order valence-corrected chi connectivity index (χ4v) is 3.71. The quantitative estimate of drug-likeness (QED) is 0.236. The monoisotopic (exact) mass is 356 g/mol. The van der Waals surface area contributed by atoms with E-state index in [0.717, 1.165) is 25.2 Å². The van der Waals surface area contributed by atoms with Crippen LogP contribution in [0.25, 0.3) is 5.57 Å². The Morgan fingerprint density at radius 3 is 2.38 bits per heavy atom. The minimum atomic E-state index is -0.117. The molecular weight excluding hydrogens is 320 g/mol. The molecule has 1 aliphatic rings. The van der Waals surface area contributed by atoms with Gasteiger partial charge in [-0.25, -0.2) is 0 Å². The smallest absolute Gasteiger partial charge is 0.311 e. The molecule has 0 N–H and O–H groups in total. The number of rotatable bonds is 11. The first-order valence-corrected chi connectivity index (χ1v) is 10.7. The summed E-state index contributed by atoms with van der Waals surface area (Å²) in [6.45, 7) is 4.41. The predicted molar refractivity (Wildman–Crippen MR) is 110 cm³/mol. The summed E-state index contributed by atoms with van der Waals surface area (Å²) in [6.07, 6.45) is 16.6. The highest BCUT2D eigenvalue weighted by molar-refractivity contribution is 5.73. The summed E-state index contributed by atoms with van der Waals surface area (Å²) < 4.78 is 5.43. The number of esters is 1. The molecule has 0 saturated carbocycles. The Hall–Kier alpha value is -1.57. The Balaban J connectivity index is 1.77. The SMILES string of the molecule is CCCCCCC1CC=C(c2ccc(OC(=O)CCCCC)cc2)CC1. The van der Waals surface area contributed by atoms with Crippen molar-refractivity contribution < 1.29 is 9.53 Å². The van der Waals surface area contributed by atoms with Crippen molar-refractivity contribution in [3.05, 3.63) is 35.9 Å². The van der Waals surface area contributed by atoms with Gasteiger partial charge in [-0.05, 0) is 54.9 Å². The first kappa shape index (κ1) is 20.7. The van der Waals surface area contributed by atoms with Gasteiger partial charge in [-0.15, -0.1) is 0 Å². The lowest BCUT2D eigenvalue weighted by Crippen LogP contribution is -2.07. The van der Waals surface area contributed by atoms with Gasteiger partial charge in [-0.3, -0.25) is 4.79 Å². The van der Waals surface area contributed by atoms with E-state index in [1.165, 1.54) is 62.5 Å². The fourth-order valence-electron chi connectivity index (χ4n) is 3.71. The van der Waals surface area contributed by atoms with Crippen LogP contribution in [-0.4, -0.2) is 5.97 Å². The first-order chi connectivity index (χ1) is 12.7. The summed E-state index contributed by atoms with van der Waals surface area (Å²) in [5.74, 6) is 1.42. The number of hydrogen-bond donors (Lipinski definition) is 0. The van der Waals surface area contributed by atoms with E-state index in [1.54, 1.807) is 0 Å². The first-order valence-electron chi connectivity index (χ1n) is 10.7. The van der Waals surface area contributed by atoms with E-state index >= 15 is 0 Å². The summed E-state index contributed by atoms with van der Waals surface area (Å²) in [6, 6.07) is 8.07. The van der Waals surface area contributed by atoms with E-state index in [0.29, 0.717) is 12.2 Å². The van der Waals surface area contributed by atoms with E-state index in [9.17, 15) is 4.79 Å². The van der Waals surface area contributed by atoms with Gasteiger partial charge in [0.2, 0.25) is 0 Å². The van der Waals surface area contributed by atoms with Crippen LogP contribution in [0.2, 0.25) is 0 Å². The summed E-state index contributed by atoms with van der Waals surface area (Å²) in [5.41, 5.74) is 2.73. The Morgan fingerprint density at radius 1 is 1.00 bits per heavy atom. The second-order valence-corrected chi connectivity index (χ2v) is 7.67. The van der Waals surface area contributed by atoms with Gasteiger partial charge in [-0.1, -0.05) is 77.0 Å². The van der Waals surface area contributed by atoms with Crippen LogP contribution in [0.1, 0.15) is 96.5 Å². The fraction of sp³-hybridized carbons (Fsp3) is 0.625. The Morgan fingerprint density at radius 2 is 1.73 bits per heavy atom. The molecule has 0 spiro atoms. The van der Waals surface area contributed by atoms with Crippen molar-refractivity contribution in [2.45, 2.75) is 90.9 Å². The highest BCUT2D eigenvalue weighted by atomic mass is 16.5. The molecule has 0 heterocycles. The second-order valence-electron chi connectivity index (χ2n) is 7.67. The van der Waals surface area contributed by atoms with Crippen LogP contribution in [-0.2, 0) is 4.79 Å². The lowest BCUT2D eigenvalue weighted by atomic mass is 9.84. The third kappa shape index (κ3) is 7.35. The molecule has 0 aliphatic heterocycles. The van der Waals surface area contributed by atoms with Crippen molar-refractivity contribution in [3.63, 3.8) is 0 Å². The van der Waals surface area contributed by atoms with Gasteiger partial charge in [0.15, 0.2) is 0 Å². The molecule has 2 rings (SSSR count). The van der Waals surface area contributed by atoms with Gasteiger partial charge in [0.1, 0.15) is 5.75 Å². The standard InChI is InChI=1S/C24H36O2/c1-3-5-7-9-10-20-12-14-21(15-13-20)22-16-18-23(19-17-22)26-24(25)11-8-6-4-2/h14,16-20H,3-13,15H2,1-2H3. The number of unbranched alkanes of at least 4 members (excludes halogenated alkanes) is 5. The van der Waals surface area contributed by atoms with Crippen molar-refractivity contribution in [1.29, 1.82) is 0 Å². The largest absolute Gasteiger partial charge is 0.427 e. The molecule has 2 heteroatoms. The number of hydrogen-bond acceptors (Lipinski definition) is 2. The van der Waals surface area contributed by atoms with E-state index < -0.39 is 0 Å². The number of carbonyl (C=O) groups is 1. The normalized spacial score (nSPS) is 17.0. The molecule has 1 unspecified atom stereocenters. The number of carbonyl (C=O) groups excluding carboxylic acids is 1. The van der Waals surface area contributed by atoms with Gasteiger partial charge in [0, 0.05) is 6.42 Å². The second kappa shape index (κ2) is 11.9. The topological polar surface area (TPSA) is 26.3 Å². The van der Waals surface area contributed by atoms with Crippen molar-refractivity contribution >= 4 is 11.5 Å². The third-order valence-corrected chi connectivity index (χ3v) is 5.43. The predicted octanol–water partition coefficient (Wildman–Crippen LogP) is 7.33. The molecule has 0 saturated heterocycles. The van der Waals surface area contributed by atoms with Crippen LogP contribution in [0, 0.1) is 5.92 Å². The maximum Gasteiger partial charge on any atom is 0.311 e. The highest BCUT2D eigenvalue weighted by Gasteiger charge is 2.15. The van der Waals surface area contributed by atoms with Gasteiger partial charge in [-0.2, -0.15) is 0 Å². The zero-order valence-electron chi connectivity index (χ0n) is 16.8. The lowest BCUT2D eigenvalue weighted by molar-refractivity contribution is -0.134. The van der Waals surface area contributed by atoms with Gasteiger partial charge >= 0.3 is 5.97 Å². The van der Waals surface area contributed by atoms with Gasteiger partial charge in [0.25, 0.3) is 0 Å².